The third-order valence-corrected chi connectivity index (χ3v) is 7.64. The van der Waals surface area contributed by atoms with Crippen LogP contribution in [-0.2, 0) is 35.1 Å². The maximum absolute atomic E-state index is 13.3. The number of halogens is 3. The lowest BCUT2D eigenvalue weighted by Gasteiger charge is -2.30. The maximum Gasteiger partial charge on any atom is 0.330 e. The highest BCUT2D eigenvalue weighted by Gasteiger charge is 2.44. The highest BCUT2D eigenvalue weighted by atomic mass is 35.5. The molecule has 0 spiro atoms. The van der Waals surface area contributed by atoms with E-state index in [-0.39, 0.29) is 25.2 Å². The van der Waals surface area contributed by atoms with Gasteiger partial charge in [-0.2, -0.15) is 0 Å². The third-order valence-electron chi connectivity index (χ3n) is 7.64. The summed E-state index contributed by atoms with van der Waals surface area (Å²) in [6.07, 6.45) is 0.108. The molecule has 16 heteroatoms. The normalized spacial score (nSPS) is 20.8. The number of carbonyl (C=O) groups excluding carboxylic acids is 7. The van der Waals surface area contributed by atoms with Crippen molar-refractivity contribution in [3.63, 3.8) is 0 Å². The molecule has 4 rings (SSSR count). The van der Waals surface area contributed by atoms with E-state index in [9.17, 15) is 42.3 Å². The first-order valence-corrected chi connectivity index (χ1v) is 13.7. The number of urea groups is 2. The molecule has 2 aromatic carbocycles. The Bertz CT molecular complexity index is 1570. The van der Waals surface area contributed by atoms with Crippen molar-refractivity contribution in [1.29, 1.82) is 0 Å². The molecule has 2 fully saturated rings. The molecule has 2 heterocycles. The number of Topliss-reactive ketones (excluding diaryl/α,β-unsaturated/α-hetero) is 1. The fraction of sp³-hybridized carbons (Fsp3) is 0.367. The van der Waals surface area contributed by atoms with Crippen molar-refractivity contribution in [3.8, 4) is 0 Å². The van der Waals surface area contributed by atoms with E-state index in [0.717, 1.165) is 4.90 Å². The number of benzene rings is 2. The zero-order valence-corrected chi connectivity index (χ0v) is 26.3. The Labute approximate surface area is 269 Å². The van der Waals surface area contributed by atoms with Crippen LogP contribution < -0.4 is 22.1 Å². The molecule has 2 aliphatic rings. The Morgan fingerprint density at radius 3 is 1.74 bits per heavy atom. The number of ketones is 1. The van der Waals surface area contributed by atoms with Crippen LogP contribution in [0.5, 0.6) is 0 Å². The number of rotatable bonds is 8. The molecule has 248 valence electrons. The molecule has 0 saturated carbocycles. The van der Waals surface area contributed by atoms with Gasteiger partial charge in [-0.3, -0.25) is 44.4 Å². The molecule has 6 N–H and O–H groups in total. The van der Waals surface area contributed by atoms with Crippen molar-refractivity contribution < 1.29 is 42.3 Å². The van der Waals surface area contributed by atoms with Gasteiger partial charge in [0.1, 0.15) is 17.6 Å². The van der Waals surface area contributed by atoms with E-state index in [1.807, 2.05) is 5.32 Å². The third kappa shape index (κ3) is 8.56. The van der Waals surface area contributed by atoms with E-state index in [1.54, 1.807) is 25.1 Å². The second kappa shape index (κ2) is 14.7. The smallest absolute Gasteiger partial charge is 0.322 e. The quantitative estimate of drug-likeness (QED) is 0.304. The van der Waals surface area contributed by atoms with Crippen molar-refractivity contribution in [2.24, 2.45) is 23.3 Å². The maximum atomic E-state index is 13.3. The Balaban J connectivity index is 0.000000314. The highest BCUT2D eigenvalue weighted by molar-refractivity contribution is 6.26. The summed E-state index contributed by atoms with van der Waals surface area (Å²) in [5, 5.41) is 4.05. The number of nitrogens with zero attached hydrogens (tertiary/aromatic N) is 2. The minimum Gasteiger partial charge on any atom is -0.322 e. The van der Waals surface area contributed by atoms with Crippen molar-refractivity contribution in [1.82, 2.24) is 20.4 Å². The molecule has 0 aromatic heterocycles. The average molecular weight is 665 g/mol. The largest absolute Gasteiger partial charge is 0.330 e. The van der Waals surface area contributed by atoms with Gasteiger partial charge in [0.25, 0.3) is 5.91 Å². The first kappa shape index (κ1) is 37.6. The zero-order chi connectivity index (χ0) is 33.9. The predicted molar refractivity (Wildman–Crippen MR) is 162 cm³/mol. The van der Waals surface area contributed by atoms with Gasteiger partial charge < -0.3 is 11.5 Å². The summed E-state index contributed by atoms with van der Waals surface area (Å²) in [4.78, 5) is 84.1. The van der Waals surface area contributed by atoms with E-state index < -0.39 is 76.0 Å². The monoisotopic (exact) mass is 664 g/mol. The molecule has 0 radical (unpaired) electrons. The fourth-order valence-corrected chi connectivity index (χ4v) is 4.77. The van der Waals surface area contributed by atoms with Crippen LogP contribution in [0.4, 0.5) is 18.4 Å². The Kier molecular flexibility index (Phi) is 12.0. The lowest BCUT2D eigenvalue weighted by Crippen LogP contribution is -2.59. The van der Waals surface area contributed by atoms with Crippen LogP contribution in [0.2, 0.25) is 0 Å². The Hall–Kier alpha value is -4.60. The minimum atomic E-state index is -1.63. The molecule has 2 saturated heterocycles. The molecule has 2 aliphatic heterocycles. The van der Waals surface area contributed by atoms with Gasteiger partial charge in [0, 0.05) is 31.6 Å². The van der Waals surface area contributed by atoms with Gasteiger partial charge in [-0.1, -0.05) is 24.3 Å². The lowest BCUT2D eigenvalue weighted by molar-refractivity contribution is -0.148. The van der Waals surface area contributed by atoms with Crippen LogP contribution in [0, 0.1) is 23.5 Å². The van der Waals surface area contributed by atoms with E-state index in [2.05, 4.69) is 5.32 Å². The number of barbiturate groups is 2. The van der Waals surface area contributed by atoms with Crippen LogP contribution in [0.1, 0.15) is 44.2 Å². The van der Waals surface area contributed by atoms with Gasteiger partial charge in [-0.15, -0.1) is 12.4 Å². The van der Waals surface area contributed by atoms with Gasteiger partial charge >= 0.3 is 12.1 Å². The van der Waals surface area contributed by atoms with E-state index >= 15 is 0 Å². The van der Waals surface area contributed by atoms with Gasteiger partial charge in [-0.05, 0) is 62.1 Å². The summed E-state index contributed by atoms with van der Waals surface area (Å²) in [6, 6.07) is 9.71. The Morgan fingerprint density at radius 1 is 0.783 bits per heavy atom. The van der Waals surface area contributed by atoms with Crippen LogP contribution in [-0.4, -0.2) is 65.4 Å². The van der Waals surface area contributed by atoms with Crippen molar-refractivity contribution in [2.75, 3.05) is 14.1 Å². The van der Waals surface area contributed by atoms with Crippen molar-refractivity contribution >= 4 is 53.9 Å². The van der Waals surface area contributed by atoms with E-state index in [1.165, 1.54) is 51.4 Å². The molecule has 8 amide bonds. The second-order valence-electron chi connectivity index (χ2n) is 11.4. The Morgan fingerprint density at radius 2 is 1.24 bits per heavy atom. The van der Waals surface area contributed by atoms with Crippen LogP contribution >= 0.6 is 12.4 Å². The molecule has 46 heavy (non-hydrogen) atoms. The number of carbonyl (C=O) groups is 7. The van der Waals surface area contributed by atoms with E-state index in [0.29, 0.717) is 22.4 Å². The molecule has 4 atom stereocenters. The number of imide groups is 4. The summed E-state index contributed by atoms with van der Waals surface area (Å²) in [5.41, 5.74) is 11.0. The summed E-state index contributed by atoms with van der Waals surface area (Å²) in [5.74, 6) is -7.28. The standard InChI is InChI=1S/C15H16FN3O4.C15H18FN3O3.ClH/c1-15(17,8-4-3-5-9(16)6-8)7-10(20)11-12(21)18-14(23)19(2)13(11)22;1-15(17,9-4-3-5-10(16)8-9)7-6-11-12(20)18-14(22)19(2)13(11)21;/h3-6,11H,7,17H2,1-2H3,(H,18,21,23);3-5,8,11H,6-7,17H2,1-2H3,(H,18,20,22);1H/t2*11?,15-;/m11./s1. The molecular formula is C30H35ClF2N6O7. The van der Waals surface area contributed by atoms with Crippen molar-refractivity contribution in [2.45, 2.75) is 44.2 Å². The number of amides is 8. The zero-order valence-electron chi connectivity index (χ0n) is 25.5. The highest BCUT2D eigenvalue weighted by Crippen LogP contribution is 2.28. The first-order chi connectivity index (χ1) is 20.9. The number of hydrogen-bond donors (Lipinski definition) is 4. The predicted octanol–water partition coefficient (Wildman–Crippen LogP) is 1.81. The molecule has 0 bridgehead atoms. The first-order valence-electron chi connectivity index (χ1n) is 13.7. The van der Waals surface area contributed by atoms with Crippen LogP contribution in [0.3, 0.4) is 0 Å². The van der Waals surface area contributed by atoms with Crippen LogP contribution in [0.15, 0.2) is 48.5 Å². The average Bonchev–Trinajstić information content (AvgIpc) is 2.95. The van der Waals surface area contributed by atoms with E-state index in [4.69, 9.17) is 11.5 Å². The van der Waals surface area contributed by atoms with Gasteiger partial charge in [0.05, 0.1) is 0 Å². The molecule has 2 unspecified atom stereocenters. The molecule has 13 nitrogen and oxygen atoms in total. The summed E-state index contributed by atoms with van der Waals surface area (Å²) in [6.45, 7) is 3.21. The second-order valence-corrected chi connectivity index (χ2v) is 11.4. The fourth-order valence-electron chi connectivity index (χ4n) is 4.77. The summed E-state index contributed by atoms with van der Waals surface area (Å²) in [7, 11) is 2.48. The van der Waals surface area contributed by atoms with Gasteiger partial charge in [-0.25, -0.2) is 18.4 Å². The van der Waals surface area contributed by atoms with Gasteiger partial charge in [0.2, 0.25) is 17.7 Å². The lowest BCUT2D eigenvalue weighted by atomic mass is 9.83. The SMILES string of the molecule is CN1C(=O)NC(=O)C(C(=O)C[C@@](C)(N)c2cccc(F)c2)C1=O.CN1C(=O)NC(=O)C(CC[C@@](C)(N)c2cccc(F)c2)C1=O.Cl. The topological polar surface area (TPSA) is 202 Å². The molecule has 0 aliphatic carbocycles. The molecular weight excluding hydrogens is 630 g/mol. The van der Waals surface area contributed by atoms with Gasteiger partial charge in [0.15, 0.2) is 11.7 Å². The van der Waals surface area contributed by atoms with Crippen molar-refractivity contribution in [3.05, 3.63) is 71.3 Å². The number of nitrogens with one attached hydrogen (secondary N) is 2. The minimum absolute atomic E-state index is 0. The molecule has 2 aromatic rings. The van der Waals surface area contributed by atoms with Crippen LogP contribution in [0.25, 0.3) is 0 Å². The number of hydrogen-bond acceptors (Lipinski definition) is 9. The summed E-state index contributed by atoms with van der Waals surface area (Å²) < 4.78 is 26.6. The summed E-state index contributed by atoms with van der Waals surface area (Å²) >= 11 is 0. The number of nitrogens with two attached hydrogens (primary N) is 2.